The summed E-state index contributed by atoms with van der Waals surface area (Å²) < 4.78 is 6.15. The Hall–Kier alpha value is -2.83. The number of aromatic nitrogens is 1. The van der Waals surface area contributed by atoms with Crippen LogP contribution in [0.2, 0.25) is 0 Å². The Morgan fingerprint density at radius 2 is 2.19 bits per heavy atom. The molecule has 0 unspecified atom stereocenters. The lowest BCUT2D eigenvalue weighted by Crippen LogP contribution is -2.51. The summed E-state index contributed by atoms with van der Waals surface area (Å²) in [6.45, 7) is 8.30. The topological polar surface area (TPSA) is 115 Å². The quantitative estimate of drug-likeness (QED) is 0.564. The molecule has 4 atom stereocenters. The van der Waals surface area contributed by atoms with Gasteiger partial charge in [-0.3, -0.25) is 4.79 Å². The summed E-state index contributed by atoms with van der Waals surface area (Å²) >= 11 is 0. The van der Waals surface area contributed by atoms with Crippen LogP contribution >= 0.6 is 0 Å². The van der Waals surface area contributed by atoms with Crippen molar-refractivity contribution in [1.29, 1.82) is 0 Å². The second-order valence-electron chi connectivity index (χ2n) is 8.26. The van der Waals surface area contributed by atoms with Gasteiger partial charge in [0.05, 0.1) is 19.2 Å². The Morgan fingerprint density at radius 1 is 1.47 bits per heavy atom. The van der Waals surface area contributed by atoms with Crippen LogP contribution in [-0.2, 0) is 0 Å². The largest absolute Gasteiger partial charge is 0.472 e. The maximum absolute atomic E-state index is 13.3. The monoisotopic (exact) mass is 446 g/mol. The first kappa shape index (κ1) is 25.4. The van der Waals surface area contributed by atoms with Crippen LogP contribution in [0.15, 0.2) is 12.3 Å². The zero-order valence-electron chi connectivity index (χ0n) is 19.5. The molecule has 9 heteroatoms. The van der Waals surface area contributed by atoms with E-state index in [0.717, 1.165) is 6.42 Å². The molecule has 0 radical (unpaired) electrons. The summed E-state index contributed by atoms with van der Waals surface area (Å²) in [6.07, 6.45) is 1.09. The van der Waals surface area contributed by atoms with Crippen molar-refractivity contribution in [1.82, 2.24) is 20.1 Å². The van der Waals surface area contributed by atoms with E-state index >= 15 is 0 Å². The lowest BCUT2D eigenvalue weighted by Gasteiger charge is -2.37. The number of hydrogen-bond acceptors (Lipinski definition) is 6. The van der Waals surface area contributed by atoms with Gasteiger partial charge in [-0.05, 0) is 26.3 Å². The molecular weight excluding hydrogens is 412 g/mol. The Labute approximate surface area is 189 Å². The molecule has 1 aliphatic heterocycles. The highest BCUT2D eigenvalue weighted by Crippen LogP contribution is 2.27. The summed E-state index contributed by atoms with van der Waals surface area (Å²) in [4.78, 5) is 33.1. The maximum Gasteiger partial charge on any atom is 0.317 e. The number of nitrogens with one attached hydrogen (secondary N) is 1. The van der Waals surface area contributed by atoms with Crippen molar-refractivity contribution in [2.75, 3.05) is 33.3 Å². The van der Waals surface area contributed by atoms with Gasteiger partial charge in [0.1, 0.15) is 17.8 Å². The summed E-state index contributed by atoms with van der Waals surface area (Å²) in [5.41, 5.74) is 0.706. The summed E-state index contributed by atoms with van der Waals surface area (Å²) in [6, 6.07) is 0.981. The molecule has 1 aromatic rings. The van der Waals surface area contributed by atoms with Crippen LogP contribution in [0, 0.1) is 17.8 Å². The average Bonchev–Trinajstić information content (AvgIpc) is 2.77. The molecule has 0 aromatic carbocycles. The van der Waals surface area contributed by atoms with Crippen molar-refractivity contribution in [3.8, 4) is 17.7 Å². The second-order valence-corrected chi connectivity index (χ2v) is 8.26. The minimum Gasteiger partial charge on any atom is -0.472 e. The number of nitrogens with zero attached hydrogens (tertiary/aromatic N) is 3. The van der Waals surface area contributed by atoms with E-state index in [9.17, 15) is 19.8 Å². The number of pyridine rings is 1. The van der Waals surface area contributed by atoms with Crippen LogP contribution in [0.3, 0.4) is 0 Å². The third-order valence-corrected chi connectivity index (χ3v) is 5.27. The fraction of sp³-hybridized carbons (Fsp3) is 0.609. The number of hydrogen-bond donors (Lipinski definition) is 3. The molecule has 9 nitrogen and oxygen atoms in total. The molecule has 1 aliphatic rings. The van der Waals surface area contributed by atoms with E-state index in [0.29, 0.717) is 25.2 Å². The molecular formula is C23H34N4O5. The molecule has 0 spiro atoms. The van der Waals surface area contributed by atoms with Gasteiger partial charge in [-0.2, -0.15) is 0 Å². The molecule has 2 heterocycles. The number of urea groups is 1. The van der Waals surface area contributed by atoms with E-state index in [-0.39, 0.29) is 35.9 Å². The molecule has 3 amide bonds. The number of amides is 3. The van der Waals surface area contributed by atoms with Crippen molar-refractivity contribution < 1.29 is 24.5 Å². The second kappa shape index (κ2) is 11.7. The van der Waals surface area contributed by atoms with Gasteiger partial charge in [-0.15, -0.1) is 0 Å². The van der Waals surface area contributed by atoms with E-state index in [1.165, 1.54) is 6.20 Å². The highest BCUT2D eigenvalue weighted by molar-refractivity contribution is 5.97. The Bertz CT molecular complexity index is 864. The zero-order chi connectivity index (χ0) is 23.8. The van der Waals surface area contributed by atoms with Crippen LogP contribution in [0.1, 0.15) is 50.0 Å². The van der Waals surface area contributed by atoms with Crippen LogP contribution in [0.25, 0.3) is 0 Å². The lowest BCUT2D eigenvalue weighted by atomic mass is 10.00. The molecule has 0 aliphatic carbocycles. The third-order valence-electron chi connectivity index (χ3n) is 5.27. The smallest absolute Gasteiger partial charge is 0.317 e. The molecule has 176 valence electrons. The SMILES string of the molecule is CCCNC(=O)N(C)C[C@@H]1Oc2ncc(C#C[C@@H](C)O)cc2C(=O)N([C@H](C)CO)C[C@@H]1C. The third kappa shape index (κ3) is 6.58. The highest BCUT2D eigenvalue weighted by Gasteiger charge is 2.34. The van der Waals surface area contributed by atoms with Gasteiger partial charge in [0, 0.05) is 37.8 Å². The van der Waals surface area contributed by atoms with Gasteiger partial charge in [-0.25, -0.2) is 9.78 Å². The van der Waals surface area contributed by atoms with Crippen LogP contribution in [0.5, 0.6) is 5.88 Å². The van der Waals surface area contributed by atoms with E-state index in [2.05, 4.69) is 22.1 Å². The highest BCUT2D eigenvalue weighted by atomic mass is 16.5. The molecule has 3 N–H and O–H groups in total. The number of fused-ring (bicyclic) bond motifs is 1. The minimum absolute atomic E-state index is 0.126. The van der Waals surface area contributed by atoms with Gasteiger partial charge in [0.15, 0.2) is 0 Å². The first-order chi connectivity index (χ1) is 15.2. The maximum atomic E-state index is 13.3. The summed E-state index contributed by atoms with van der Waals surface area (Å²) in [5, 5.41) is 22.0. The Kier molecular flexibility index (Phi) is 9.29. The number of aliphatic hydroxyl groups excluding tert-OH is 2. The van der Waals surface area contributed by atoms with Crippen LogP contribution in [0.4, 0.5) is 4.79 Å². The molecule has 0 bridgehead atoms. The Morgan fingerprint density at radius 3 is 2.81 bits per heavy atom. The van der Waals surface area contributed by atoms with E-state index < -0.39 is 18.2 Å². The van der Waals surface area contributed by atoms with Gasteiger partial charge >= 0.3 is 6.03 Å². The predicted octanol–water partition coefficient (Wildman–Crippen LogP) is 1.09. The molecule has 32 heavy (non-hydrogen) atoms. The van der Waals surface area contributed by atoms with Crippen molar-refractivity contribution in [3.63, 3.8) is 0 Å². The lowest BCUT2D eigenvalue weighted by molar-refractivity contribution is 0.0352. The van der Waals surface area contributed by atoms with Crippen molar-refractivity contribution >= 4 is 11.9 Å². The standard InChI is InChI=1S/C23H34N4O5/c1-6-9-24-23(31)26(5)13-20-15(2)12-27(16(3)14-28)22(30)19-10-18(8-7-17(4)29)11-25-21(19)32-20/h10-11,15-17,20,28-29H,6,9,12-14H2,1-5H3,(H,24,31)/t15-,16+,17+,20-/m0/s1. The van der Waals surface area contributed by atoms with Gasteiger partial charge in [-0.1, -0.05) is 25.7 Å². The average molecular weight is 447 g/mol. The van der Waals surface area contributed by atoms with E-state index in [1.54, 1.807) is 36.8 Å². The normalized spacial score (nSPS) is 20.0. The van der Waals surface area contributed by atoms with Gasteiger partial charge < -0.3 is 30.1 Å². The molecule has 0 fully saturated rings. The van der Waals surface area contributed by atoms with Crippen molar-refractivity contribution in [2.24, 2.45) is 5.92 Å². The summed E-state index contributed by atoms with van der Waals surface area (Å²) in [5.74, 6) is 5.15. The van der Waals surface area contributed by atoms with Crippen molar-refractivity contribution in [3.05, 3.63) is 23.4 Å². The first-order valence-corrected chi connectivity index (χ1v) is 10.9. The number of carbonyl (C=O) groups excluding carboxylic acids is 2. The number of ether oxygens (including phenoxy) is 1. The molecule has 0 saturated carbocycles. The van der Waals surface area contributed by atoms with E-state index in [1.807, 2.05) is 13.8 Å². The van der Waals surface area contributed by atoms with Gasteiger partial charge in [0.25, 0.3) is 5.91 Å². The van der Waals surface area contributed by atoms with Crippen molar-refractivity contribution in [2.45, 2.75) is 52.4 Å². The minimum atomic E-state index is -0.811. The zero-order valence-corrected chi connectivity index (χ0v) is 19.5. The molecule has 1 aromatic heterocycles. The predicted molar refractivity (Wildman–Crippen MR) is 120 cm³/mol. The number of rotatable bonds is 6. The summed E-state index contributed by atoms with van der Waals surface area (Å²) in [7, 11) is 1.70. The number of likely N-dealkylation sites (N-methyl/N-ethyl adjacent to an activating group) is 1. The fourth-order valence-corrected chi connectivity index (χ4v) is 3.30. The fourth-order valence-electron chi connectivity index (χ4n) is 3.30. The van der Waals surface area contributed by atoms with Crippen LogP contribution in [-0.4, -0.2) is 88.5 Å². The Balaban J connectivity index is 2.40. The number of aliphatic hydroxyl groups is 2. The van der Waals surface area contributed by atoms with Gasteiger partial charge in [0.2, 0.25) is 5.88 Å². The van der Waals surface area contributed by atoms with E-state index in [4.69, 9.17) is 4.74 Å². The van der Waals surface area contributed by atoms with Crippen LogP contribution < -0.4 is 10.1 Å². The number of carbonyl (C=O) groups is 2. The molecule has 0 saturated heterocycles. The molecule has 2 rings (SSSR count). The first-order valence-electron chi connectivity index (χ1n) is 10.9.